The lowest BCUT2D eigenvalue weighted by Gasteiger charge is -1.98. The normalized spacial score (nSPS) is 9.44. The molecule has 0 saturated heterocycles. The number of H-pyrrole nitrogens is 1. The molecule has 1 aromatic rings. The van der Waals surface area contributed by atoms with Gasteiger partial charge in [0.15, 0.2) is 6.79 Å². The number of aromatic amines is 1. The third-order valence-electron chi connectivity index (χ3n) is 0.913. The van der Waals surface area contributed by atoms with Crippen molar-refractivity contribution in [3.8, 4) is 5.75 Å². The van der Waals surface area contributed by atoms with Crippen LogP contribution < -0.4 is 4.74 Å². The molecular weight excluding hydrogens is 118 g/mol. The molecule has 1 N–H and O–H groups in total. The first-order chi connectivity index (χ1) is 4.43. The summed E-state index contributed by atoms with van der Waals surface area (Å²) in [5, 5.41) is 0. The Labute approximate surface area is 53.6 Å². The third-order valence-corrected chi connectivity index (χ3v) is 0.913. The Bertz CT molecular complexity index is 148. The molecule has 1 heterocycles. The zero-order valence-electron chi connectivity index (χ0n) is 5.26. The van der Waals surface area contributed by atoms with Crippen LogP contribution in [0.4, 0.5) is 0 Å². The van der Waals surface area contributed by atoms with Gasteiger partial charge < -0.3 is 14.5 Å². The summed E-state index contributed by atoms with van der Waals surface area (Å²) < 4.78 is 9.72. The van der Waals surface area contributed by atoms with E-state index in [9.17, 15) is 0 Å². The fourth-order valence-corrected chi connectivity index (χ4v) is 0.525. The van der Waals surface area contributed by atoms with Crippen LogP contribution in [0.1, 0.15) is 0 Å². The van der Waals surface area contributed by atoms with Crippen LogP contribution in [-0.4, -0.2) is 18.9 Å². The molecule has 3 heteroatoms. The summed E-state index contributed by atoms with van der Waals surface area (Å²) in [6.45, 7) is 0.303. The van der Waals surface area contributed by atoms with Gasteiger partial charge in [0.25, 0.3) is 0 Å². The maximum atomic E-state index is 5.04. The fourth-order valence-electron chi connectivity index (χ4n) is 0.525. The van der Waals surface area contributed by atoms with E-state index in [1.54, 1.807) is 19.5 Å². The summed E-state index contributed by atoms with van der Waals surface area (Å²) in [4.78, 5) is 2.86. The molecule has 0 radical (unpaired) electrons. The molecule has 0 bridgehead atoms. The molecule has 0 aromatic carbocycles. The smallest absolute Gasteiger partial charge is 0.188 e. The first-order valence-electron chi connectivity index (χ1n) is 2.68. The Balaban J connectivity index is 2.30. The molecule has 50 valence electrons. The lowest BCUT2D eigenvalue weighted by atomic mass is 10.6. The molecule has 0 fully saturated rings. The van der Waals surface area contributed by atoms with Crippen molar-refractivity contribution < 1.29 is 9.47 Å². The number of ether oxygens (including phenoxy) is 2. The van der Waals surface area contributed by atoms with Crippen molar-refractivity contribution >= 4 is 0 Å². The summed E-state index contributed by atoms with van der Waals surface area (Å²) in [5.74, 6) is 0.803. The van der Waals surface area contributed by atoms with Crippen molar-refractivity contribution in [2.45, 2.75) is 0 Å². The Morgan fingerprint density at radius 3 is 3.11 bits per heavy atom. The van der Waals surface area contributed by atoms with E-state index in [1.165, 1.54) is 0 Å². The molecule has 0 aliphatic rings. The second kappa shape index (κ2) is 3.14. The van der Waals surface area contributed by atoms with Crippen molar-refractivity contribution in [2.24, 2.45) is 0 Å². The number of nitrogens with one attached hydrogen (secondary N) is 1. The van der Waals surface area contributed by atoms with E-state index in [0.29, 0.717) is 6.79 Å². The van der Waals surface area contributed by atoms with Crippen molar-refractivity contribution in [1.29, 1.82) is 0 Å². The average Bonchev–Trinajstić information content (AvgIpc) is 2.34. The zero-order valence-corrected chi connectivity index (χ0v) is 5.26. The minimum absolute atomic E-state index is 0.303. The first-order valence-corrected chi connectivity index (χ1v) is 2.68. The predicted molar refractivity (Wildman–Crippen MR) is 33.3 cm³/mol. The molecule has 0 unspecified atom stereocenters. The predicted octanol–water partition coefficient (Wildman–Crippen LogP) is 0.997. The van der Waals surface area contributed by atoms with Gasteiger partial charge in [-0.15, -0.1) is 0 Å². The number of methoxy groups -OCH3 is 1. The van der Waals surface area contributed by atoms with Gasteiger partial charge in [-0.2, -0.15) is 0 Å². The zero-order chi connectivity index (χ0) is 6.53. The topological polar surface area (TPSA) is 34.2 Å². The van der Waals surface area contributed by atoms with Gasteiger partial charge in [-0.05, 0) is 6.07 Å². The van der Waals surface area contributed by atoms with Crippen molar-refractivity contribution in [2.75, 3.05) is 13.9 Å². The maximum Gasteiger partial charge on any atom is 0.188 e. The largest absolute Gasteiger partial charge is 0.466 e. The van der Waals surface area contributed by atoms with Gasteiger partial charge in [0.05, 0.1) is 0 Å². The Kier molecular flexibility index (Phi) is 2.15. The highest BCUT2D eigenvalue weighted by molar-refractivity contribution is 5.15. The number of rotatable bonds is 3. The number of aromatic nitrogens is 1. The Morgan fingerprint density at radius 2 is 2.56 bits per heavy atom. The van der Waals surface area contributed by atoms with Gasteiger partial charge in [-0.1, -0.05) is 0 Å². The van der Waals surface area contributed by atoms with E-state index in [4.69, 9.17) is 4.74 Å². The molecule has 0 atom stereocenters. The van der Waals surface area contributed by atoms with Gasteiger partial charge >= 0.3 is 0 Å². The quantitative estimate of drug-likeness (QED) is 0.614. The van der Waals surface area contributed by atoms with Crippen LogP contribution >= 0.6 is 0 Å². The number of hydrogen-bond acceptors (Lipinski definition) is 2. The molecule has 0 aliphatic heterocycles. The van der Waals surface area contributed by atoms with E-state index in [2.05, 4.69) is 9.72 Å². The van der Waals surface area contributed by atoms with Crippen LogP contribution in [0, 0.1) is 0 Å². The Morgan fingerprint density at radius 1 is 1.67 bits per heavy atom. The maximum absolute atomic E-state index is 5.04. The van der Waals surface area contributed by atoms with Crippen LogP contribution in [-0.2, 0) is 4.74 Å². The summed E-state index contributed by atoms with van der Waals surface area (Å²) in [6, 6.07) is 1.83. The van der Waals surface area contributed by atoms with Crippen molar-refractivity contribution in [1.82, 2.24) is 4.98 Å². The van der Waals surface area contributed by atoms with Crippen LogP contribution in [0.15, 0.2) is 18.5 Å². The van der Waals surface area contributed by atoms with Gasteiger partial charge in [-0.25, -0.2) is 0 Å². The lowest BCUT2D eigenvalue weighted by molar-refractivity contribution is 0.0512. The molecule has 0 aliphatic carbocycles. The molecule has 1 aromatic heterocycles. The molecule has 3 nitrogen and oxygen atoms in total. The first kappa shape index (κ1) is 6.16. The van der Waals surface area contributed by atoms with E-state index >= 15 is 0 Å². The summed E-state index contributed by atoms with van der Waals surface area (Å²) in [6.07, 6.45) is 3.56. The SMILES string of the molecule is COCOc1cc[nH]c1. The third kappa shape index (κ3) is 1.77. The molecule has 1 rings (SSSR count). The highest BCUT2D eigenvalue weighted by Gasteiger charge is 1.87. The van der Waals surface area contributed by atoms with E-state index in [-0.39, 0.29) is 0 Å². The summed E-state index contributed by atoms with van der Waals surface area (Å²) in [7, 11) is 1.59. The van der Waals surface area contributed by atoms with E-state index < -0.39 is 0 Å². The van der Waals surface area contributed by atoms with Gasteiger partial charge in [0.2, 0.25) is 0 Å². The highest BCUT2D eigenvalue weighted by Crippen LogP contribution is 2.05. The van der Waals surface area contributed by atoms with Crippen molar-refractivity contribution in [3.63, 3.8) is 0 Å². The Hall–Kier alpha value is -0.960. The van der Waals surface area contributed by atoms with Crippen molar-refractivity contribution in [3.05, 3.63) is 18.5 Å². The van der Waals surface area contributed by atoms with Gasteiger partial charge in [-0.3, -0.25) is 0 Å². The van der Waals surface area contributed by atoms with Gasteiger partial charge in [0.1, 0.15) is 5.75 Å². The highest BCUT2D eigenvalue weighted by atomic mass is 16.7. The second-order valence-corrected chi connectivity index (χ2v) is 1.60. The van der Waals surface area contributed by atoms with E-state index in [0.717, 1.165) is 5.75 Å². The van der Waals surface area contributed by atoms with Crippen LogP contribution in [0.25, 0.3) is 0 Å². The monoisotopic (exact) mass is 127 g/mol. The minimum atomic E-state index is 0.303. The van der Waals surface area contributed by atoms with Crippen LogP contribution in [0.3, 0.4) is 0 Å². The molecule has 0 saturated carbocycles. The van der Waals surface area contributed by atoms with Crippen LogP contribution in [0.2, 0.25) is 0 Å². The minimum Gasteiger partial charge on any atom is -0.466 e. The average molecular weight is 127 g/mol. The standard InChI is InChI=1S/C6H9NO2/c1-8-5-9-6-2-3-7-4-6/h2-4,7H,5H2,1H3. The molecule has 0 spiro atoms. The summed E-state index contributed by atoms with van der Waals surface area (Å²) >= 11 is 0. The number of hydrogen-bond donors (Lipinski definition) is 1. The fraction of sp³-hybridized carbons (Fsp3) is 0.333. The van der Waals surface area contributed by atoms with Crippen LogP contribution in [0.5, 0.6) is 5.75 Å². The molecule has 0 amide bonds. The molecular formula is C6H9NO2. The van der Waals surface area contributed by atoms with E-state index in [1.807, 2.05) is 6.07 Å². The lowest BCUT2D eigenvalue weighted by Crippen LogP contribution is -1.96. The summed E-state index contributed by atoms with van der Waals surface area (Å²) in [5.41, 5.74) is 0. The van der Waals surface area contributed by atoms with Gasteiger partial charge in [0, 0.05) is 19.5 Å². The second-order valence-electron chi connectivity index (χ2n) is 1.60. The molecule has 9 heavy (non-hydrogen) atoms.